The number of allylic oxidation sites excluding steroid dienone is 1. The van der Waals surface area contributed by atoms with Crippen LogP contribution < -0.4 is 10.6 Å². The third-order valence-electron chi connectivity index (χ3n) is 4.77. The van der Waals surface area contributed by atoms with E-state index in [9.17, 15) is 13.8 Å². The molecule has 0 fully saturated rings. The quantitative estimate of drug-likeness (QED) is 0.339. The molecule has 3 aromatic rings. The van der Waals surface area contributed by atoms with E-state index in [2.05, 4.69) is 4.98 Å². The monoisotopic (exact) mass is 443 g/mol. The van der Waals surface area contributed by atoms with Crippen molar-refractivity contribution in [3.05, 3.63) is 63.6 Å². The Hall–Kier alpha value is -3.00. The number of hydrogen-bond acceptors (Lipinski definition) is 4. The topological polar surface area (TPSA) is 83.0 Å². The van der Waals surface area contributed by atoms with Crippen LogP contribution in [0.3, 0.4) is 0 Å². The summed E-state index contributed by atoms with van der Waals surface area (Å²) in [6.07, 6.45) is 2.95. The zero-order chi connectivity index (χ0) is 22.0. The van der Waals surface area contributed by atoms with E-state index in [0.29, 0.717) is 16.4 Å². The molecule has 1 N–H and O–H groups in total. The zero-order valence-electron chi connectivity index (χ0n) is 16.5. The second kappa shape index (κ2) is 8.79. The Bertz CT molecular complexity index is 1260. The standard InChI is InChI=1S/C22H17ClFN2O3P/c1-4-29-22(27)20-21(18-17(26-20)8-7-16(23)19(18)24)30(28)15-10-12(2)13(3)14(11-15)6-5-9-25/h5-8,10-11H,4H2,1-3H3/p+1. The van der Waals surface area contributed by atoms with E-state index >= 15 is 0 Å². The molecule has 5 nitrogen and oxygen atoms in total. The molecule has 0 saturated heterocycles. The SMILES string of the molecule is CCOC(=O)c1[nH]c2ccc(Cl)c(F)c2c1[P+](=O)c1cc(C)c(C)c(C=CC#N)c1. The van der Waals surface area contributed by atoms with Crippen molar-refractivity contribution >= 4 is 53.0 Å². The summed E-state index contributed by atoms with van der Waals surface area (Å²) in [5, 5.41) is 9.11. The summed E-state index contributed by atoms with van der Waals surface area (Å²) in [6.45, 7) is 5.50. The van der Waals surface area contributed by atoms with Gasteiger partial charge in [0.1, 0.15) is 0 Å². The lowest BCUT2D eigenvalue weighted by Gasteiger charge is -2.04. The van der Waals surface area contributed by atoms with Gasteiger partial charge in [-0.25, -0.2) is 9.18 Å². The molecular weight excluding hydrogens is 426 g/mol. The first kappa shape index (κ1) is 21.7. The Morgan fingerprint density at radius 1 is 1.37 bits per heavy atom. The second-order valence-electron chi connectivity index (χ2n) is 6.59. The van der Waals surface area contributed by atoms with Crippen molar-refractivity contribution < 1.29 is 18.5 Å². The lowest BCUT2D eigenvalue weighted by molar-refractivity contribution is 0.0522. The molecule has 0 radical (unpaired) electrons. The van der Waals surface area contributed by atoms with E-state index < -0.39 is 19.6 Å². The predicted octanol–water partition coefficient (Wildman–Crippen LogP) is 5.07. The van der Waals surface area contributed by atoms with Gasteiger partial charge < -0.3 is 9.72 Å². The first-order valence-corrected chi connectivity index (χ1v) is 10.7. The normalized spacial score (nSPS) is 11.7. The second-order valence-corrected chi connectivity index (χ2v) is 8.55. The third-order valence-corrected chi connectivity index (χ3v) is 6.65. The fourth-order valence-corrected chi connectivity index (χ4v) is 4.93. The number of aromatic nitrogens is 1. The number of nitrogens with one attached hydrogen (secondary N) is 1. The first-order valence-electron chi connectivity index (χ1n) is 9.11. The maximum atomic E-state index is 14.9. The highest BCUT2D eigenvalue weighted by Crippen LogP contribution is 2.33. The Labute approximate surface area is 178 Å². The summed E-state index contributed by atoms with van der Waals surface area (Å²) in [7, 11) is -2.38. The van der Waals surface area contributed by atoms with Crippen LogP contribution in [0, 0.1) is 31.0 Å². The molecule has 1 atom stereocenters. The van der Waals surface area contributed by atoms with E-state index in [1.807, 2.05) is 19.9 Å². The number of nitrogens with zero attached hydrogens (tertiary/aromatic N) is 1. The van der Waals surface area contributed by atoms with Crippen molar-refractivity contribution in [3.8, 4) is 6.07 Å². The minimum absolute atomic E-state index is 0.000917. The number of carbonyl (C=O) groups is 1. The van der Waals surface area contributed by atoms with Crippen LogP contribution in [-0.2, 0) is 9.30 Å². The molecule has 8 heteroatoms. The summed E-state index contributed by atoms with van der Waals surface area (Å²) in [4.78, 5) is 15.3. The Morgan fingerprint density at radius 2 is 2.10 bits per heavy atom. The van der Waals surface area contributed by atoms with Crippen LogP contribution in [0.15, 0.2) is 30.3 Å². The van der Waals surface area contributed by atoms with Crippen LogP contribution in [0.4, 0.5) is 4.39 Å². The first-order chi connectivity index (χ1) is 14.3. The average molecular weight is 444 g/mol. The maximum Gasteiger partial charge on any atom is 0.418 e. The number of benzene rings is 2. The fourth-order valence-electron chi connectivity index (χ4n) is 3.17. The number of aromatic amines is 1. The van der Waals surface area contributed by atoms with E-state index in [1.165, 1.54) is 18.2 Å². The Balaban J connectivity index is 2.29. The van der Waals surface area contributed by atoms with Gasteiger partial charge in [-0.3, -0.25) is 0 Å². The number of H-pyrrole nitrogens is 1. The molecule has 0 aliphatic carbocycles. The van der Waals surface area contributed by atoms with Crippen LogP contribution in [0.2, 0.25) is 5.02 Å². The predicted molar refractivity (Wildman–Crippen MR) is 117 cm³/mol. The lowest BCUT2D eigenvalue weighted by Crippen LogP contribution is -2.18. The summed E-state index contributed by atoms with van der Waals surface area (Å²) in [6, 6.07) is 8.22. The number of aryl methyl sites for hydroxylation is 1. The highest BCUT2D eigenvalue weighted by atomic mass is 35.5. The molecule has 0 saturated carbocycles. The molecule has 0 aliphatic rings. The zero-order valence-corrected chi connectivity index (χ0v) is 18.2. The van der Waals surface area contributed by atoms with Gasteiger partial charge in [0.2, 0.25) is 5.30 Å². The van der Waals surface area contributed by atoms with Gasteiger partial charge in [0.05, 0.1) is 28.6 Å². The Kier molecular flexibility index (Phi) is 6.36. The fraction of sp³-hybridized carbons (Fsp3) is 0.182. The van der Waals surface area contributed by atoms with Crippen molar-refractivity contribution in [2.24, 2.45) is 0 Å². The molecule has 0 bridgehead atoms. The maximum absolute atomic E-state index is 14.9. The summed E-state index contributed by atoms with van der Waals surface area (Å²) >= 11 is 5.95. The smallest absolute Gasteiger partial charge is 0.418 e. The van der Waals surface area contributed by atoms with E-state index in [4.69, 9.17) is 21.6 Å². The molecule has 1 unspecified atom stereocenters. The lowest BCUT2D eigenvalue weighted by atomic mass is 10.0. The average Bonchev–Trinajstić information content (AvgIpc) is 3.11. The van der Waals surface area contributed by atoms with Crippen molar-refractivity contribution in [3.63, 3.8) is 0 Å². The highest BCUT2D eigenvalue weighted by molar-refractivity contribution is 7.62. The molecule has 30 heavy (non-hydrogen) atoms. The summed E-state index contributed by atoms with van der Waals surface area (Å²) in [5.74, 6) is -1.48. The van der Waals surface area contributed by atoms with Crippen molar-refractivity contribution in [2.45, 2.75) is 20.8 Å². The van der Waals surface area contributed by atoms with Gasteiger partial charge in [-0.1, -0.05) is 16.2 Å². The summed E-state index contributed by atoms with van der Waals surface area (Å²) < 4.78 is 33.6. The molecule has 2 aromatic carbocycles. The molecule has 152 valence electrons. The number of halogens is 2. The molecule has 0 spiro atoms. The van der Waals surface area contributed by atoms with Crippen LogP contribution in [0.25, 0.3) is 17.0 Å². The number of carbonyl (C=O) groups excluding carboxylic acids is 1. The number of rotatable bonds is 5. The van der Waals surface area contributed by atoms with Gasteiger partial charge in [0, 0.05) is 6.08 Å². The molecule has 1 heterocycles. The van der Waals surface area contributed by atoms with Gasteiger partial charge in [-0.15, -0.1) is 0 Å². The van der Waals surface area contributed by atoms with Gasteiger partial charge in [-0.2, -0.15) is 5.26 Å². The van der Waals surface area contributed by atoms with Gasteiger partial charge in [-0.05, 0) is 67.8 Å². The van der Waals surface area contributed by atoms with Crippen LogP contribution in [0.5, 0.6) is 0 Å². The van der Waals surface area contributed by atoms with Crippen molar-refractivity contribution in [2.75, 3.05) is 6.61 Å². The van der Waals surface area contributed by atoms with Gasteiger partial charge >= 0.3 is 13.8 Å². The number of fused-ring (bicyclic) bond motifs is 1. The highest BCUT2D eigenvalue weighted by Gasteiger charge is 2.37. The Morgan fingerprint density at radius 3 is 2.77 bits per heavy atom. The molecular formula is C22H18ClFN2O3P+. The van der Waals surface area contributed by atoms with Crippen LogP contribution in [-0.4, -0.2) is 17.6 Å². The minimum atomic E-state index is -2.38. The summed E-state index contributed by atoms with van der Waals surface area (Å²) in [5.41, 5.74) is 2.72. The van der Waals surface area contributed by atoms with Crippen molar-refractivity contribution in [1.82, 2.24) is 4.98 Å². The number of nitriles is 1. The number of hydrogen-bond donors (Lipinski definition) is 1. The van der Waals surface area contributed by atoms with E-state index in [-0.39, 0.29) is 28.0 Å². The van der Waals surface area contributed by atoms with Gasteiger partial charge in [0.25, 0.3) is 0 Å². The molecule has 1 aromatic heterocycles. The van der Waals surface area contributed by atoms with E-state index in [1.54, 1.807) is 25.1 Å². The van der Waals surface area contributed by atoms with Crippen LogP contribution in [0.1, 0.15) is 34.1 Å². The van der Waals surface area contributed by atoms with Crippen molar-refractivity contribution in [1.29, 1.82) is 5.26 Å². The van der Waals surface area contributed by atoms with E-state index in [0.717, 1.165) is 11.1 Å². The number of esters is 1. The van der Waals surface area contributed by atoms with Crippen LogP contribution >= 0.6 is 19.4 Å². The minimum Gasteiger partial charge on any atom is -0.461 e. The molecule has 0 aliphatic heterocycles. The molecule has 0 amide bonds. The largest absolute Gasteiger partial charge is 0.461 e. The third kappa shape index (κ3) is 3.87. The number of ether oxygens (including phenoxy) is 1. The van der Waals surface area contributed by atoms with Gasteiger partial charge in [0.15, 0.2) is 16.8 Å². The molecule has 3 rings (SSSR count).